The first kappa shape index (κ1) is 23.0. The number of nitrogens with two attached hydrogens (primary N) is 1. The minimum atomic E-state index is -0.0406. The average molecular weight is 389 g/mol. The van der Waals surface area contributed by atoms with Crippen LogP contribution in [-0.4, -0.2) is 49.1 Å². The van der Waals surface area contributed by atoms with Gasteiger partial charge in [0.25, 0.3) is 0 Å². The van der Waals surface area contributed by atoms with E-state index in [1.54, 1.807) is 0 Å². The van der Waals surface area contributed by atoms with Crippen molar-refractivity contribution in [2.24, 2.45) is 11.1 Å². The second-order valence-electron chi connectivity index (χ2n) is 8.13. The molecule has 2 aliphatic rings. The van der Waals surface area contributed by atoms with Crippen LogP contribution in [0.2, 0.25) is 0 Å². The molecule has 1 aliphatic carbocycles. The molecule has 0 radical (unpaired) electrons. The van der Waals surface area contributed by atoms with Crippen molar-refractivity contribution in [1.82, 2.24) is 15.5 Å². The molecule has 6 nitrogen and oxygen atoms in total. The number of amides is 3. The van der Waals surface area contributed by atoms with Crippen LogP contribution < -0.4 is 16.4 Å². The number of nitrogens with one attached hydrogen (secondary N) is 2. The summed E-state index contributed by atoms with van der Waals surface area (Å²) >= 11 is 0. The minimum absolute atomic E-state index is 0. The van der Waals surface area contributed by atoms with Gasteiger partial charge in [-0.25, -0.2) is 4.79 Å². The third-order valence-corrected chi connectivity index (χ3v) is 5.70. The normalized spacial score (nSPS) is 23.4. The molecule has 0 spiro atoms. The van der Waals surface area contributed by atoms with E-state index in [0.717, 1.165) is 51.6 Å². The molecule has 7 heteroatoms. The molecule has 2 rings (SSSR count). The third kappa shape index (κ3) is 7.70. The Hall–Kier alpha value is -1.01. The van der Waals surface area contributed by atoms with Crippen molar-refractivity contribution in [3.63, 3.8) is 0 Å². The monoisotopic (exact) mass is 388 g/mol. The van der Waals surface area contributed by atoms with Crippen LogP contribution in [0.1, 0.15) is 71.1 Å². The van der Waals surface area contributed by atoms with Gasteiger partial charge in [0.05, 0.1) is 0 Å². The Labute approximate surface area is 164 Å². The van der Waals surface area contributed by atoms with Crippen LogP contribution in [0.3, 0.4) is 0 Å². The lowest BCUT2D eigenvalue weighted by molar-refractivity contribution is -0.130. The van der Waals surface area contributed by atoms with Crippen molar-refractivity contribution in [3.05, 3.63) is 0 Å². The molecule has 1 aliphatic heterocycles. The molecular weight excluding hydrogens is 352 g/mol. The SMILES string of the molecule is CC1(CN)CCN(C(=O)CCCCCNC(=O)NC2CCCCC2)C1.Cl. The predicted octanol–water partition coefficient (Wildman–Crippen LogP) is 2.80. The Kier molecular flexibility index (Phi) is 10.3. The lowest BCUT2D eigenvalue weighted by Crippen LogP contribution is -2.43. The van der Waals surface area contributed by atoms with Crippen molar-refractivity contribution in [2.75, 3.05) is 26.2 Å². The van der Waals surface area contributed by atoms with E-state index in [0.29, 0.717) is 25.6 Å². The maximum atomic E-state index is 12.2. The quantitative estimate of drug-likeness (QED) is 0.558. The minimum Gasteiger partial charge on any atom is -0.342 e. The van der Waals surface area contributed by atoms with Crippen LogP contribution in [0.5, 0.6) is 0 Å². The highest BCUT2D eigenvalue weighted by Gasteiger charge is 2.34. The van der Waals surface area contributed by atoms with Gasteiger partial charge in [-0.2, -0.15) is 0 Å². The van der Waals surface area contributed by atoms with Gasteiger partial charge in [-0.15, -0.1) is 12.4 Å². The van der Waals surface area contributed by atoms with E-state index in [-0.39, 0.29) is 29.8 Å². The van der Waals surface area contributed by atoms with Crippen molar-refractivity contribution in [1.29, 1.82) is 0 Å². The third-order valence-electron chi connectivity index (χ3n) is 5.70. The first-order valence-corrected chi connectivity index (χ1v) is 10.0. The van der Waals surface area contributed by atoms with E-state index in [9.17, 15) is 9.59 Å². The fourth-order valence-electron chi connectivity index (χ4n) is 3.82. The van der Waals surface area contributed by atoms with Crippen LogP contribution in [0.15, 0.2) is 0 Å². The zero-order valence-electron chi connectivity index (χ0n) is 16.2. The second kappa shape index (κ2) is 11.7. The number of hydrogen-bond acceptors (Lipinski definition) is 3. The number of rotatable bonds is 8. The summed E-state index contributed by atoms with van der Waals surface area (Å²) in [6.07, 6.45) is 10.3. The molecule has 26 heavy (non-hydrogen) atoms. The Bertz CT molecular complexity index is 443. The molecule has 2 fully saturated rings. The highest BCUT2D eigenvalue weighted by molar-refractivity contribution is 5.85. The van der Waals surface area contributed by atoms with Gasteiger partial charge in [0.1, 0.15) is 0 Å². The van der Waals surface area contributed by atoms with Gasteiger partial charge < -0.3 is 21.3 Å². The van der Waals surface area contributed by atoms with Gasteiger partial charge in [-0.05, 0) is 44.1 Å². The van der Waals surface area contributed by atoms with E-state index < -0.39 is 0 Å². The molecule has 0 bridgehead atoms. The van der Waals surface area contributed by atoms with Crippen LogP contribution in [-0.2, 0) is 4.79 Å². The van der Waals surface area contributed by atoms with Crippen molar-refractivity contribution < 1.29 is 9.59 Å². The zero-order valence-corrected chi connectivity index (χ0v) is 17.0. The Morgan fingerprint density at radius 2 is 1.88 bits per heavy atom. The fraction of sp³-hybridized carbons (Fsp3) is 0.895. The van der Waals surface area contributed by atoms with E-state index in [1.165, 1.54) is 19.3 Å². The number of unbranched alkanes of at least 4 members (excludes halogenated alkanes) is 2. The summed E-state index contributed by atoms with van der Waals surface area (Å²) in [6.45, 7) is 5.12. The van der Waals surface area contributed by atoms with Crippen molar-refractivity contribution in [2.45, 2.75) is 77.2 Å². The summed E-state index contributed by atoms with van der Waals surface area (Å²) in [7, 11) is 0. The van der Waals surface area contributed by atoms with Crippen LogP contribution >= 0.6 is 12.4 Å². The Morgan fingerprint density at radius 3 is 2.54 bits per heavy atom. The highest BCUT2D eigenvalue weighted by atomic mass is 35.5. The maximum absolute atomic E-state index is 12.2. The molecule has 0 aromatic heterocycles. The molecule has 3 amide bonds. The molecule has 1 atom stereocenters. The van der Waals surface area contributed by atoms with Gasteiger partial charge in [-0.3, -0.25) is 4.79 Å². The Balaban J connectivity index is 0.00000338. The van der Waals surface area contributed by atoms with E-state index >= 15 is 0 Å². The molecule has 1 unspecified atom stereocenters. The molecule has 4 N–H and O–H groups in total. The van der Waals surface area contributed by atoms with Gasteiger partial charge in [0, 0.05) is 32.1 Å². The lowest BCUT2D eigenvalue weighted by atomic mass is 9.90. The molecule has 0 aromatic carbocycles. The molecule has 1 saturated carbocycles. The van der Waals surface area contributed by atoms with Gasteiger partial charge in [0.2, 0.25) is 5.91 Å². The lowest BCUT2D eigenvalue weighted by Gasteiger charge is -2.23. The smallest absolute Gasteiger partial charge is 0.315 e. The molecule has 1 heterocycles. The topological polar surface area (TPSA) is 87.5 Å². The summed E-state index contributed by atoms with van der Waals surface area (Å²) in [5.74, 6) is 0.250. The van der Waals surface area contributed by atoms with Crippen LogP contribution in [0.4, 0.5) is 4.79 Å². The first-order chi connectivity index (χ1) is 12.0. The number of likely N-dealkylation sites (tertiary alicyclic amines) is 1. The molecule has 152 valence electrons. The number of carbonyl (C=O) groups is 2. The van der Waals surface area contributed by atoms with Gasteiger partial charge in [0.15, 0.2) is 0 Å². The maximum Gasteiger partial charge on any atom is 0.315 e. The Morgan fingerprint density at radius 1 is 1.15 bits per heavy atom. The number of carbonyl (C=O) groups excluding carboxylic acids is 2. The van der Waals surface area contributed by atoms with Crippen molar-refractivity contribution >= 4 is 24.3 Å². The highest BCUT2D eigenvalue weighted by Crippen LogP contribution is 2.29. The van der Waals surface area contributed by atoms with Crippen molar-refractivity contribution in [3.8, 4) is 0 Å². The summed E-state index contributed by atoms with van der Waals surface area (Å²) in [4.78, 5) is 26.0. The first-order valence-electron chi connectivity index (χ1n) is 10.0. The second-order valence-corrected chi connectivity index (χ2v) is 8.13. The fourth-order valence-corrected chi connectivity index (χ4v) is 3.82. The number of halogens is 1. The number of urea groups is 1. The number of nitrogens with zero attached hydrogens (tertiary/aromatic N) is 1. The number of hydrogen-bond donors (Lipinski definition) is 3. The van der Waals surface area contributed by atoms with Crippen LogP contribution in [0, 0.1) is 5.41 Å². The van der Waals surface area contributed by atoms with E-state index in [2.05, 4.69) is 17.6 Å². The van der Waals surface area contributed by atoms with Crippen LogP contribution in [0.25, 0.3) is 0 Å². The summed E-state index contributed by atoms with van der Waals surface area (Å²) in [6, 6.07) is 0.312. The van der Waals surface area contributed by atoms with Gasteiger partial charge in [-0.1, -0.05) is 32.6 Å². The van der Waals surface area contributed by atoms with Gasteiger partial charge >= 0.3 is 6.03 Å². The molecular formula is C19H37ClN4O2. The predicted molar refractivity (Wildman–Crippen MR) is 107 cm³/mol. The van der Waals surface area contributed by atoms with E-state index in [1.807, 2.05) is 4.90 Å². The average Bonchev–Trinajstić information content (AvgIpc) is 3.02. The standard InChI is InChI=1S/C19H36N4O2.ClH/c1-19(14-20)11-13-23(15-19)17(24)10-6-3-7-12-21-18(25)22-16-8-4-2-5-9-16;/h16H,2-15,20H2,1H3,(H2,21,22,25);1H. The zero-order chi connectivity index (χ0) is 18.1. The van der Waals surface area contributed by atoms with E-state index in [4.69, 9.17) is 5.73 Å². The summed E-state index contributed by atoms with van der Waals surface area (Å²) < 4.78 is 0. The largest absolute Gasteiger partial charge is 0.342 e. The summed E-state index contributed by atoms with van der Waals surface area (Å²) in [5.41, 5.74) is 5.89. The molecule has 0 aromatic rings. The summed E-state index contributed by atoms with van der Waals surface area (Å²) in [5, 5.41) is 5.99. The molecule has 1 saturated heterocycles.